The van der Waals surface area contributed by atoms with Crippen LogP contribution in [0.3, 0.4) is 0 Å². The van der Waals surface area contributed by atoms with Crippen molar-refractivity contribution in [3.8, 4) is 0 Å². The summed E-state index contributed by atoms with van der Waals surface area (Å²) in [5.41, 5.74) is 0.355. The quantitative estimate of drug-likeness (QED) is 0.802. The number of aliphatic hydroxyl groups is 1. The SMILES string of the molecule is CCC(CO)(NC1CC1)c1cccc(F)c1. The number of aliphatic hydroxyl groups excluding tert-OH is 1. The number of hydrogen-bond acceptors (Lipinski definition) is 2. The fraction of sp³-hybridized carbons (Fsp3) is 0.538. The number of rotatable bonds is 5. The number of halogens is 1. The Morgan fingerprint density at radius 2 is 2.25 bits per heavy atom. The minimum atomic E-state index is -0.483. The van der Waals surface area contributed by atoms with Crippen LogP contribution in [0.5, 0.6) is 0 Å². The summed E-state index contributed by atoms with van der Waals surface area (Å²) >= 11 is 0. The lowest BCUT2D eigenvalue weighted by Gasteiger charge is -2.33. The molecule has 2 rings (SSSR count). The molecular weight excluding hydrogens is 205 g/mol. The van der Waals surface area contributed by atoms with E-state index in [1.165, 1.54) is 12.1 Å². The Morgan fingerprint density at radius 3 is 2.75 bits per heavy atom. The lowest BCUT2D eigenvalue weighted by molar-refractivity contribution is 0.153. The van der Waals surface area contributed by atoms with Crippen molar-refractivity contribution in [2.75, 3.05) is 6.61 Å². The van der Waals surface area contributed by atoms with Crippen molar-refractivity contribution < 1.29 is 9.50 Å². The van der Waals surface area contributed by atoms with E-state index in [1.54, 1.807) is 6.07 Å². The molecule has 0 bridgehead atoms. The molecule has 0 aromatic heterocycles. The van der Waals surface area contributed by atoms with Crippen LogP contribution in [0.2, 0.25) is 0 Å². The monoisotopic (exact) mass is 223 g/mol. The van der Waals surface area contributed by atoms with Gasteiger partial charge in [0.2, 0.25) is 0 Å². The molecule has 1 saturated carbocycles. The average Bonchev–Trinajstić information content (AvgIpc) is 3.10. The summed E-state index contributed by atoms with van der Waals surface area (Å²) in [6.07, 6.45) is 3.05. The molecule has 1 aromatic carbocycles. The van der Waals surface area contributed by atoms with Crippen molar-refractivity contribution in [2.45, 2.75) is 37.8 Å². The molecule has 1 aromatic rings. The number of benzene rings is 1. The Balaban J connectivity index is 2.28. The molecule has 1 fully saturated rings. The lowest BCUT2D eigenvalue weighted by Crippen LogP contribution is -2.46. The second kappa shape index (κ2) is 4.52. The van der Waals surface area contributed by atoms with Crippen LogP contribution in [0.1, 0.15) is 31.7 Å². The molecule has 1 aliphatic rings. The molecule has 0 aliphatic heterocycles. The highest BCUT2D eigenvalue weighted by molar-refractivity contribution is 5.26. The van der Waals surface area contributed by atoms with Crippen molar-refractivity contribution in [2.24, 2.45) is 0 Å². The summed E-state index contributed by atoms with van der Waals surface area (Å²) < 4.78 is 13.2. The summed E-state index contributed by atoms with van der Waals surface area (Å²) in [4.78, 5) is 0. The highest BCUT2D eigenvalue weighted by Crippen LogP contribution is 2.31. The van der Waals surface area contributed by atoms with Crippen molar-refractivity contribution in [1.29, 1.82) is 0 Å². The van der Waals surface area contributed by atoms with Gasteiger partial charge in [0.1, 0.15) is 5.82 Å². The molecule has 2 N–H and O–H groups in total. The summed E-state index contributed by atoms with van der Waals surface area (Å²) in [6.45, 7) is 2.01. The van der Waals surface area contributed by atoms with Crippen LogP contribution >= 0.6 is 0 Å². The van der Waals surface area contributed by atoms with Crippen LogP contribution in [0.25, 0.3) is 0 Å². The first-order valence-corrected chi connectivity index (χ1v) is 5.85. The molecule has 3 heteroatoms. The predicted octanol–water partition coefficient (Wildman–Crippen LogP) is 2.18. The van der Waals surface area contributed by atoms with Gasteiger partial charge in [-0.3, -0.25) is 0 Å². The van der Waals surface area contributed by atoms with Gasteiger partial charge in [0, 0.05) is 6.04 Å². The van der Waals surface area contributed by atoms with Crippen LogP contribution in [-0.4, -0.2) is 17.8 Å². The first-order valence-electron chi connectivity index (χ1n) is 5.85. The van der Waals surface area contributed by atoms with Gasteiger partial charge in [-0.05, 0) is 37.0 Å². The van der Waals surface area contributed by atoms with Crippen LogP contribution in [-0.2, 0) is 5.54 Å². The summed E-state index contributed by atoms with van der Waals surface area (Å²) in [5.74, 6) is -0.249. The molecule has 1 atom stereocenters. The normalized spacial score (nSPS) is 19.4. The fourth-order valence-electron chi connectivity index (χ4n) is 2.04. The molecule has 0 spiro atoms. The molecule has 0 heterocycles. The zero-order chi connectivity index (χ0) is 11.6. The van der Waals surface area contributed by atoms with Crippen molar-refractivity contribution in [3.05, 3.63) is 35.6 Å². The second-order valence-electron chi connectivity index (χ2n) is 4.52. The van der Waals surface area contributed by atoms with Gasteiger partial charge in [-0.1, -0.05) is 19.1 Å². The van der Waals surface area contributed by atoms with E-state index < -0.39 is 5.54 Å². The maximum atomic E-state index is 13.2. The second-order valence-corrected chi connectivity index (χ2v) is 4.52. The topological polar surface area (TPSA) is 32.3 Å². The van der Waals surface area contributed by atoms with Gasteiger partial charge in [0.05, 0.1) is 12.1 Å². The number of nitrogens with one attached hydrogen (secondary N) is 1. The lowest BCUT2D eigenvalue weighted by atomic mass is 9.87. The highest BCUT2D eigenvalue weighted by Gasteiger charge is 2.35. The molecule has 16 heavy (non-hydrogen) atoms. The standard InChI is InChI=1S/C13H18FNO/c1-2-13(9-16,15-12-6-7-12)10-4-3-5-11(14)8-10/h3-5,8,12,15-16H,2,6-7,9H2,1H3. The molecule has 0 saturated heterocycles. The first-order chi connectivity index (χ1) is 7.70. The van der Waals surface area contributed by atoms with Crippen LogP contribution in [0.15, 0.2) is 24.3 Å². The average molecular weight is 223 g/mol. The zero-order valence-corrected chi connectivity index (χ0v) is 9.54. The van der Waals surface area contributed by atoms with E-state index in [2.05, 4.69) is 5.32 Å². The van der Waals surface area contributed by atoms with E-state index in [0.717, 1.165) is 24.8 Å². The van der Waals surface area contributed by atoms with Gasteiger partial charge in [0.15, 0.2) is 0 Å². The molecule has 1 aliphatic carbocycles. The van der Waals surface area contributed by atoms with Gasteiger partial charge in [-0.2, -0.15) is 0 Å². The fourth-order valence-corrected chi connectivity index (χ4v) is 2.04. The Hall–Kier alpha value is -0.930. The Bertz CT molecular complexity index is 359. The molecular formula is C13H18FNO. The van der Waals surface area contributed by atoms with Crippen LogP contribution in [0.4, 0.5) is 4.39 Å². The van der Waals surface area contributed by atoms with Gasteiger partial charge >= 0.3 is 0 Å². The maximum absolute atomic E-state index is 13.2. The smallest absolute Gasteiger partial charge is 0.123 e. The minimum Gasteiger partial charge on any atom is -0.394 e. The Labute approximate surface area is 95.5 Å². The molecule has 0 amide bonds. The van der Waals surface area contributed by atoms with E-state index >= 15 is 0 Å². The molecule has 88 valence electrons. The van der Waals surface area contributed by atoms with Gasteiger partial charge in [-0.25, -0.2) is 4.39 Å². The van der Waals surface area contributed by atoms with Gasteiger partial charge in [-0.15, -0.1) is 0 Å². The van der Waals surface area contributed by atoms with E-state index in [4.69, 9.17) is 0 Å². The highest BCUT2D eigenvalue weighted by atomic mass is 19.1. The van der Waals surface area contributed by atoms with E-state index in [-0.39, 0.29) is 12.4 Å². The predicted molar refractivity (Wildman–Crippen MR) is 61.6 cm³/mol. The zero-order valence-electron chi connectivity index (χ0n) is 9.54. The third-order valence-corrected chi connectivity index (χ3v) is 3.31. The summed E-state index contributed by atoms with van der Waals surface area (Å²) in [7, 11) is 0. The molecule has 1 unspecified atom stereocenters. The minimum absolute atomic E-state index is 0.00343. The third kappa shape index (κ3) is 2.25. The number of hydrogen-bond donors (Lipinski definition) is 2. The van der Waals surface area contributed by atoms with E-state index in [9.17, 15) is 9.50 Å². The summed E-state index contributed by atoms with van der Waals surface area (Å²) in [5, 5.41) is 13.0. The van der Waals surface area contributed by atoms with E-state index in [0.29, 0.717) is 6.04 Å². The van der Waals surface area contributed by atoms with Crippen molar-refractivity contribution >= 4 is 0 Å². The van der Waals surface area contributed by atoms with Crippen molar-refractivity contribution in [1.82, 2.24) is 5.32 Å². The Morgan fingerprint density at radius 1 is 1.50 bits per heavy atom. The van der Waals surface area contributed by atoms with Crippen LogP contribution in [0, 0.1) is 5.82 Å². The molecule has 2 nitrogen and oxygen atoms in total. The largest absolute Gasteiger partial charge is 0.394 e. The Kier molecular flexibility index (Phi) is 3.26. The third-order valence-electron chi connectivity index (χ3n) is 3.31. The summed E-state index contributed by atoms with van der Waals surface area (Å²) in [6, 6.07) is 6.99. The molecule has 0 radical (unpaired) electrons. The van der Waals surface area contributed by atoms with E-state index in [1.807, 2.05) is 13.0 Å². The van der Waals surface area contributed by atoms with Crippen LogP contribution < -0.4 is 5.32 Å². The van der Waals surface area contributed by atoms with Gasteiger partial charge in [0.25, 0.3) is 0 Å². The first kappa shape index (κ1) is 11.6. The van der Waals surface area contributed by atoms with Crippen molar-refractivity contribution in [3.63, 3.8) is 0 Å². The van der Waals surface area contributed by atoms with Gasteiger partial charge < -0.3 is 10.4 Å². The maximum Gasteiger partial charge on any atom is 0.123 e.